The summed E-state index contributed by atoms with van der Waals surface area (Å²) in [7, 11) is 0. The Bertz CT molecular complexity index is 1050. The molecule has 0 aliphatic carbocycles. The van der Waals surface area contributed by atoms with Gasteiger partial charge in [-0.05, 0) is 17.3 Å². The summed E-state index contributed by atoms with van der Waals surface area (Å²) in [6.07, 6.45) is 0. The van der Waals surface area contributed by atoms with Gasteiger partial charge in [0.15, 0.2) is 5.65 Å². The summed E-state index contributed by atoms with van der Waals surface area (Å²) < 4.78 is 1.22. The lowest BCUT2D eigenvalue weighted by atomic mass is 10.2. The Balaban J connectivity index is 1.83. The Hall–Kier alpha value is -3.56. The Morgan fingerprint density at radius 2 is 2.14 bits per heavy atom. The lowest BCUT2D eigenvalue weighted by molar-refractivity contribution is 0.102. The Morgan fingerprint density at radius 1 is 1.27 bits per heavy atom. The number of aromatic amines is 2. The molecular weight excluding hydrogens is 288 g/mol. The third-order valence-corrected chi connectivity index (χ3v) is 3.12. The second kappa shape index (κ2) is 4.48. The number of aromatic nitrogens is 7. The van der Waals surface area contributed by atoms with Crippen molar-refractivity contribution < 1.29 is 4.79 Å². The van der Waals surface area contributed by atoms with E-state index in [1.54, 1.807) is 24.3 Å². The molecule has 0 saturated carbocycles. The van der Waals surface area contributed by atoms with Crippen LogP contribution < -0.4 is 10.9 Å². The normalized spacial score (nSPS) is 11.1. The molecule has 3 aromatic heterocycles. The minimum absolute atomic E-state index is 0.0362. The number of fused-ring (bicyclic) bond motifs is 2. The predicted octanol–water partition coefficient (Wildman–Crippen LogP) is -0.0588. The molecule has 22 heavy (non-hydrogen) atoms. The SMILES string of the molecule is O=C(Nc1nn[nH]n1)c1cc2nc3ccccc3c(=O)n2[nH]1. The molecule has 1 aromatic carbocycles. The van der Waals surface area contributed by atoms with Crippen LogP contribution in [0, 0.1) is 0 Å². The van der Waals surface area contributed by atoms with Crippen LogP contribution in [0.3, 0.4) is 0 Å². The maximum Gasteiger partial charge on any atom is 0.280 e. The lowest BCUT2D eigenvalue weighted by Crippen LogP contribution is -2.17. The first-order chi connectivity index (χ1) is 10.7. The van der Waals surface area contributed by atoms with Crippen molar-refractivity contribution in [1.29, 1.82) is 0 Å². The van der Waals surface area contributed by atoms with Crippen molar-refractivity contribution in [3.05, 3.63) is 46.4 Å². The molecule has 0 bridgehead atoms. The first kappa shape index (κ1) is 12.2. The van der Waals surface area contributed by atoms with Crippen LogP contribution in [0.15, 0.2) is 35.1 Å². The van der Waals surface area contributed by atoms with Crippen LogP contribution in [0.2, 0.25) is 0 Å². The molecule has 0 unspecified atom stereocenters. The number of para-hydroxylation sites is 1. The van der Waals surface area contributed by atoms with E-state index in [2.05, 4.69) is 36.0 Å². The summed E-state index contributed by atoms with van der Waals surface area (Å²) in [5.74, 6) is -0.468. The Kier molecular flexibility index (Phi) is 2.48. The van der Waals surface area contributed by atoms with Gasteiger partial charge in [-0.1, -0.05) is 17.2 Å². The quantitative estimate of drug-likeness (QED) is 0.474. The lowest BCUT2D eigenvalue weighted by Gasteiger charge is -1.97. The van der Waals surface area contributed by atoms with Crippen LogP contribution in [-0.4, -0.2) is 41.1 Å². The number of hydrogen-bond donors (Lipinski definition) is 3. The highest BCUT2D eigenvalue weighted by Gasteiger charge is 2.14. The van der Waals surface area contributed by atoms with Crippen molar-refractivity contribution in [1.82, 2.24) is 35.2 Å². The highest BCUT2D eigenvalue weighted by Crippen LogP contribution is 2.10. The van der Waals surface area contributed by atoms with Gasteiger partial charge in [0.1, 0.15) is 5.69 Å². The van der Waals surface area contributed by atoms with Gasteiger partial charge in [0.25, 0.3) is 17.4 Å². The smallest absolute Gasteiger partial charge is 0.280 e. The van der Waals surface area contributed by atoms with Crippen molar-refractivity contribution in [2.45, 2.75) is 0 Å². The molecule has 4 aromatic rings. The molecule has 0 atom stereocenters. The van der Waals surface area contributed by atoms with Crippen LogP contribution in [0.4, 0.5) is 5.95 Å². The van der Waals surface area contributed by atoms with Crippen LogP contribution in [0.1, 0.15) is 10.5 Å². The van der Waals surface area contributed by atoms with Gasteiger partial charge in [-0.25, -0.2) is 9.50 Å². The van der Waals surface area contributed by atoms with Crippen molar-refractivity contribution in [2.24, 2.45) is 0 Å². The molecule has 0 saturated heterocycles. The first-order valence-electron chi connectivity index (χ1n) is 6.28. The van der Waals surface area contributed by atoms with Crippen LogP contribution >= 0.6 is 0 Å². The van der Waals surface area contributed by atoms with E-state index < -0.39 is 5.91 Å². The molecule has 0 radical (unpaired) electrons. The highest BCUT2D eigenvalue weighted by molar-refractivity contribution is 6.02. The van der Waals surface area contributed by atoms with Gasteiger partial charge >= 0.3 is 0 Å². The summed E-state index contributed by atoms with van der Waals surface area (Å²) in [5.41, 5.74) is 0.794. The van der Waals surface area contributed by atoms with Crippen molar-refractivity contribution >= 4 is 28.4 Å². The largest absolute Gasteiger partial charge is 0.286 e. The Morgan fingerprint density at radius 3 is 2.95 bits per heavy atom. The van der Waals surface area contributed by atoms with Gasteiger partial charge in [0.05, 0.1) is 10.9 Å². The van der Waals surface area contributed by atoms with Gasteiger partial charge in [-0.3, -0.25) is 20.0 Å². The van der Waals surface area contributed by atoms with Gasteiger partial charge in [0.2, 0.25) is 0 Å². The molecule has 10 nitrogen and oxygen atoms in total. The monoisotopic (exact) mass is 296 g/mol. The van der Waals surface area contributed by atoms with E-state index >= 15 is 0 Å². The minimum atomic E-state index is -0.504. The summed E-state index contributed by atoms with van der Waals surface area (Å²) in [4.78, 5) is 28.8. The Labute approximate surface area is 121 Å². The second-order valence-corrected chi connectivity index (χ2v) is 4.49. The average Bonchev–Trinajstić information content (AvgIpc) is 3.17. The molecule has 1 amide bonds. The number of benzene rings is 1. The maximum atomic E-state index is 12.4. The number of anilines is 1. The summed E-state index contributed by atoms with van der Waals surface area (Å²) in [6.45, 7) is 0. The zero-order valence-electron chi connectivity index (χ0n) is 10.9. The summed E-state index contributed by atoms with van der Waals surface area (Å²) >= 11 is 0. The molecule has 10 heteroatoms. The number of carbonyl (C=O) groups is 1. The molecule has 3 heterocycles. The fraction of sp³-hybridized carbons (Fsp3) is 0. The van der Waals surface area contributed by atoms with Crippen molar-refractivity contribution in [2.75, 3.05) is 5.32 Å². The number of rotatable bonds is 2. The third kappa shape index (κ3) is 1.82. The fourth-order valence-electron chi connectivity index (χ4n) is 2.14. The minimum Gasteiger partial charge on any atom is -0.286 e. The molecule has 0 fully saturated rings. The number of nitrogens with one attached hydrogen (secondary N) is 3. The number of hydrogen-bond acceptors (Lipinski definition) is 6. The maximum absolute atomic E-state index is 12.4. The van der Waals surface area contributed by atoms with Crippen molar-refractivity contribution in [3.8, 4) is 0 Å². The molecule has 3 N–H and O–H groups in total. The van der Waals surface area contributed by atoms with E-state index in [4.69, 9.17) is 0 Å². The van der Waals surface area contributed by atoms with Gasteiger partial charge in [-0.2, -0.15) is 5.21 Å². The summed E-state index contributed by atoms with van der Waals surface area (Å²) in [5, 5.41) is 18.4. The summed E-state index contributed by atoms with van der Waals surface area (Å²) in [6, 6.07) is 8.44. The number of carbonyl (C=O) groups excluding carboxylic acids is 1. The average molecular weight is 296 g/mol. The van der Waals surface area contributed by atoms with Gasteiger partial charge in [-0.15, -0.1) is 5.10 Å². The number of tetrazole rings is 1. The van der Waals surface area contributed by atoms with Crippen LogP contribution in [0.5, 0.6) is 0 Å². The molecular formula is C12H8N8O2. The van der Waals surface area contributed by atoms with Gasteiger partial charge < -0.3 is 0 Å². The standard InChI is InChI=1S/C12H8N8O2/c21-10(14-12-15-18-19-16-12)8-5-9-13-7-4-2-1-3-6(7)11(22)20(9)17-8/h1-5,17H,(H2,14,15,16,18,19,21). The molecule has 108 valence electrons. The molecule has 0 aliphatic rings. The first-order valence-corrected chi connectivity index (χ1v) is 6.28. The number of amides is 1. The fourth-order valence-corrected chi connectivity index (χ4v) is 2.14. The number of H-pyrrole nitrogens is 2. The van der Waals surface area contributed by atoms with E-state index in [1.165, 1.54) is 10.6 Å². The van der Waals surface area contributed by atoms with E-state index in [0.29, 0.717) is 16.6 Å². The molecule has 0 spiro atoms. The van der Waals surface area contributed by atoms with E-state index in [0.717, 1.165) is 0 Å². The topological polar surface area (TPSA) is 134 Å². The van der Waals surface area contributed by atoms with Crippen LogP contribution in [0.25, 0.3) is 16.6 Å². The van der Waals surface area contributed by atoms with E-state index in [-0.39, 0.29) is 17.2 Å². The third-order valence-electron chi connectivity index (χ3n) is 3.12. The van der Waals surface area contributed by atoms with Crippen LogP contribution in [-0.2, 0) is 0 Å². The van der Waals surface area contributed by atoms with Crippen molar-refractivity contribution in [3.63, 3.8) is 0 Å². The zero-order valence-corrected chi connectivity index (χ0v) is 10.9. The second-order valence-electron chi connectivity index (χ2n) is 4.49. The molecule has 0 aliphatic heterocycles. The zero-order chi connectivity index (χ0) is 15.1. The van der Waals surface area contributed by atoms with E-state index in [9.17, 15) is 9.59 Å². The van der Waals surface area contributed by atoms with E-state index in [1.807, 2.05) is 0 Å². The van der Waals surface area contributed by atoms with Gasteiger partial charge in [0, 0.05) is 6.07 Å². The molecule has 4 rings (SSSR count). The number of nitrogens with zero attached hydrogens (tertiary/aromatic N) is 5. The predicted molar refractivity (Wildman–Crippen MR) is 75.4 cm³/mol. The highest BCUT2D eigenvalue weighted by atomic mass is 16.2.